The number of carbonyl (C=O) groups excluding carboxylic acids is 1. The minimum absolute atomic E-state index is 0.0760. The molecule has 1 N–H and O–H groups in total. The summed E-state index contributed by atoms with van der Waals surface area (Å²) in [7, 11) is 0. The number of hydrogen-bond donors (Lipinski definition) is 1. The lowest BCUT2D eigenvalue weighted by Gasteiger charge is -2.00. The molecule has 1 amide bonds. The van der Waals surface area contributed by atoms with E-state index in [1.807, 2.05) is 30.3 Å². The molecule has 0 aliphatic heterocycles. The normalized spacial score (nSPS) is 10.7. The van der Waals surface area contributed by atoms with E-state index in [4.69, 9.17) is 4.52 Å². The number of para-hydroxylation sites is 1. The molecule has 0 saturated carbocycles. The van der Waals surface area contributed by atoms with Gasteiger partial charge >= 0.3 is 0 Å². The van der Waals surface area contributed by atoms with Crippen molar-refractivity contribution in [3.8, 4) is 17.4 Å². The topological polar surface area (TPSA) is 98.7 Å². The molecule has 0 spiro atoms. The Labute approximate surface area is 138 Å². The van der Waals surface area contributed by atoms with Crippen LogP contribution in [0.1, 0.15) is 25.6 Å². The van der Waals surface area contributed by atoms with Gasteiger partial charge in [0.15, 0.2) is 5.82 Å². The molecule has 2 aromatic heterocycles. The van der Waals surface area contributed by atoms with Crippen molar-refractivity contribution >= 4 is 5.91 Å². The van der Waals surface area contributed by atoms with Crippen LogP contribution in [0.2, 0.25) is 0 Å². The van der Waals surface area contributed by atoms with Crippen LogP contribution in [-0.4, -0.2) is 37.4 Å². The minimum Gasteiger partial charge on any atom is -0.356 e. The number of nitrogens with zero attached hydrogens (tertiary/aromatic N) is 5. The Kier molecular flexibility index (Phi) is 4.95. The minimum atomic E-state index is -0.126. The van der Waals surface area contributed by atoms with Gasteiger partial charge in [-0.3, -0.25) is 4.79 Å². The molecule has 0 radical (unpaired) electrons. The lowest BCUT2D eigenvalue weighted by atomic mass is 10.3. The average molecular weight is 326 g/mol. The maximum absolute atomic E-state index is 11.8. The fraction of sp³-hybridized carbons (Fsp3) is 0.312. The van der Waals surface area contributed by atoms with Gasteiger partial charge in [-0.25, -0.2) is 9.67 Å². The summed E-state index contributed by atoms with van der Waals surface area (Å²) in [6.45, 7) is 2.72. The third-order valence-electron chi connectivity index (χ3n) is 3.34. The van der Waals surface area contributed by atoms with Gasteiger partial charge in [-0.15, -0.1) is 5.10 Å². The zero-order valence-electron chi connectivity index (χ0n) is 13.3. The van der Waals surface area contributed by atoms with Crippen LogP contribution in [0.3, 0.4) is 0 Å². The molecule has 0 unspecified atom stereocenters. The fourth-order valence-electron chi connectivity index (χ4n) is 2.09. The largest absolute Gasteiger partial charge is 0.356 e. The van der Waals surface area contributed by atoms with E-state index in [9.17, 15) is 4.79 Å². The lowest BCUT2D eigenvalue weighted by Crippen LogP contribution is -2.26. The third-order valence-corrected chi connectivity index (χ3v) is 3.34. The number of nitrogens with one attached hydrogen (secondary N) is 1. The summed E-state index contributed by atoms with van der Waals surface area (Å²) in [4.78, 5) is 20.1. The standard InChI is InChI=1S/C16H18N6O2/c1-2-3-9-17-14(23)10-13-19-16(24-21-13)15-18-11-22(20-15)12-7-5-4-6-8-12/h4-8,11H,2-3,9-10H2,1H3,(H,17,23). The van der Waals surface area contributed by atoms with Gasteiger partial charge in [0, 0.05) is 6.54 Å². The molecular weight excluding hydrogens is 308 g/mol. The predicted octanol–water partition coefficient (Wildman–Crippen LogP) is 1.78. The Hall–Kier alpha value is -3.03. The molecule has 8 nitrogen and oxygen atoms in total. The first kappa shape index (κ1) is 15.9. The molecule has 24 heavy (non-hydrogen) atoms. The Morgan fingerprint density at radius 3 is 2.92 bits per heavy atom. The van der Waals surface area contributed by atoms with Crippen molar-refractivity contribution in [2.24, 2.45) is 0 Å². The van der Waals surface area contributed by atoms with Crippen LogP contribution in [0.4, 0.5) is 0 Å². The second-order valence-corrected chi connectivity index (χ2v) is 5.24. The van der Waals surface area contributed by atoms with E-state index < -0.39 is 0 Å². The lowest BCUT2D eigenvalue weighted by molar-refractivity contribution is -0.120. The molecule has 0 aliphatic carbocycles. The quantitative estimate of drug-likeness (QED) is 0.664. The molecule has 3 aromatic rings. The summed E-state index contributed by atoms with van der Waals surface area (Å²) < 4.78 is 6.77. The molecule has 0 saturated heterocycles. The second-order valence-electron chi connectivity index (χ2n) is 5.24. The van der Waals surface area contributed by atoms with E-state index in [2.05, 4.69) is 32.5 Å². The van der Waals surface area contributed by atoms with Crippen molar-refractivity contribution in [3.05, 3.63) is 42.5 Å². The first-order chi connectivity index (χ1) is 11.8. The van der Waals surface area contributed by atoms with E-state index >= 15 is 0 Å². The number of amides is 1. The molecule has 3 rings (SSSR count). The van der Waals surface area contributed by atoms with Gasteiger partial charge in [0.2, 0.25) is 11.7 Å². The maximum Gasteiger partial charge on any atom is 0.297 e. The van der Waals surface area contributed by atoms with E-state index in [-0.39, 0.29) is 18.2 Å². The average Bonchev–Trinajstić information content (AvgIpc) is 3.25. The third kappa shape index (κ3) is 3.83. The van der Waals surface area contributed by atoms with Gasteiger partial charge < -0.3 is 9.84 Å². The number of hydrogen-bond acceptors (Lipinski definition) is 6. The highest BCUT2D eigenvalue weighted by Crippen LogP contribution is 2.13. The first-order valence-electron chi connectivity index (χ1n) is 7.83. The molecule has 1 aromatic carbocycles. The maximum atomic E-state index is 11.8. The first-order valence-corrected chi connectivity index (χ1v) is 7.83. The van der Waals surface area contributed by atoms with Gasteiger partial charge in [-0.2, -0.15) is 4.98 Å². The number of aromatic nitrogens is 5. The highest BCUT2D eigenvalue weighted by atomic mass is 16.5. The van der Waals surface area contributed by atoms with E-state index in [1.54, 1.807) is 11.0 Å². The molecule has 0 fully saturated rings. The van der Waals surface area contributed by atoms with Crippen molar-refractivity contribution < 1.29 is 9.32 Å². The van der Waals surface area contributed by atoms with E-state index in [1.165, 1.54) is 0 Å². The predicted molar refractivity (Wildman–Crippen MR) is 86.3 cm³/mol. The molecule has 0 bridgehead atoms. The Bertz CT molecular complexity index is 796. The van der Waals surface area contributed by atoms with Gasteiger partial charge in [0.05, 0.1) is 12.1 Å². The summed E-state index contributed by atoms with van der Waals surface area (Å²) in [5.41, 5.74) is 0.881. The highest BCUT2D eigenvalue weighted by molar-refractivity contribution is 5.77. The highest BCUT2D eigenvalue weighted by Gasteiger charge is 2.15. The van der Waals surface area contributed by atoms with Crippen LogP contribution >= 0.6 is 0 Å². The molecule has 2 heterocycles. The fourth-order valence-corrected chi connectivity index (χ4v) is 2.09. The Morgan fingerprint density at radius 2 is 2.12 bits per heavy atom. The van der Waals surface area contributed by atoms with E-state index in [0.29, 0.717) is 18.2 Å². The van der Waals surface area contributed by atoms with Gasteiger partial charge in [0.25, 0.3) is 5.89 Å². The summed E-state index contributed by atoms with van der Waals surface area (Å²) in [6.07, 6.45) is 3.63. The van der Waals surface area contributed by atoms with Crippen LogP contribution in [-0.2, 0) is 11.2 Å². The van der Waals surface area contributed by atoms with Crippen molar-refractivity contribution in [1.29, 1.82) is 0 Å². The van der Waals surface area contributed by atoms with Crippen LogP contribution in [0, 0.1) is 0 Å². The van der Waals surface area contributed by atoms with Crippen LogP contribution in [0.15, 0.2) is 41.2 Å². The monoisotopic (exact) mass is 326 g/mol. The van der Waals surface area contributed by atoms with Gasteiger partial charge in [-0.1, -0.05) is 36.7 Å². The van der Waals surface area contributed by atoms with Crippen LogP contribution in [0.25, 0.3) is 17.4 Å². The molecular formula is C16H18N6O2. The van der Waals surface area contributed by atoms with Crippen LogP contribution in [0.5, 0.6) is 0 Å². The molecule has 124 valence electrons. The summed E-state index contributed by atoms with van der Waals surface area (Å²) in [5.74, 6) is 0.707. The number of benzene rings is 1. The number of rotatable bonds is 7. The van der Waals surface area contributed by atoms with E-state index in [0.717, 1.165) is 18.5 Å². The molecule has 0 aliphatic rings. The second kappa shape index (κ2) is 7.49. The number of carbonyl (C=O) groups is 1. The van der Waals surface area contributed by atoms with Crippen molar-refractivity contribution in [2.45, 2.75) is 26.2 Å². The van der Waals surface area contributed by atoms with Crippen molar-refractivity contribution in [2.75, 3.05) is 6.54 Å². The number of unbranched alkanes of at least 4 members (excludes halogenated alkanes) is 1. The SMILES string of the molecule is CCCCNC(=O)Cc1noc(-c2ncn(-c3ccccc3)n2)n1. The van der Waals surface area contributed by atoms with Gasteiger partial charge in [0.1, 0.15) is 6.33 Å². The summed E-state index contributed by atoms with van der Waals surface area (Å²) in [5, 5.41) is 10.9. The zero-order valence-corrected chi connectivity index (χ0v) is 13.3. The van der Waals surface area contributed by atoms with Crippen LogP contribution < -0.4 is 5.32 Å². The Morgan fingerprint density at radius 1 is 1.29 bits per heavy atom. The molecule has 8 heteroatoms. The Balaban J connectivity index is 1.66. The zero-order chi connectivity index (χ0) is 16.8. The van der Waals surface area contributed by atoms with Crippen molar-refractivity contribution in [1.82, 2.24) is 30.2 Å². The summed E-state index contributed by atoms with van der Waals surface area (Å²) in [6, 6.07) is 9.59. The van der Waals surface area contributed by atoms with Gasteiger partial charge in [-0.05, 0) is 18.6 Å². The molecule has 0 atom stereocenters. The summed E-state index contributed by atoms with van der Waals surface area (Å²) >= 11 is 0. The smallest absolute Gasteiger partial charge is 0.297 e. The van der Waals surface area contributed by atoms with Crippen molar-refractivity contribution in [3.63, 3.8) is 0 Å².